The molecule has 0 radical (unpaired) electrons. The first-order valence-electron chi connectivity index (χ1n) is 17.0. The summed E-state index contributed by atoms with van der Waals surface area (Å²) in [5, 5.41) is 3.25. The second-order valence-electron chi connectivity index (χ2n) is 12.3. The predicted molar refractivity (Wildman–Crippen MR) is 204 cm³/mol. The van der Waals surface area contributed by atoms with E-state index in [9.17, 15) is 18.0 Å². The molecule has 1 N–H and O–H groups in total. The van der Waals surface area contributed by atoms with Crippen LogP contribution in [0.5, 0.6) is 5.75 Å². The molecule has 0 saturated heterocycles. The summed E-state index contributed by atoms with van der Waals surface area (Å²) in [7, 11) is -4.27. The standard InChI is InChI=1S/C39H44BrN3O5S2/c1-3-48-37-20-11-10-19-35(37)43(50(46,47)34-23-21-33(49-2)22-24-34)28-38(44)42(27-30-15-12-16-31(40)25-30)36(26-29-13-6-4-7-14-29)39(45)41-32-17-8-5-9-18-32/h4,6-7,10-16,19-25,32,36H,3,5,8-9,17-18,26-28H2,1-2H3,(H,41,45)/t36-/m0/s1. The molecule has 11 heteroatoms. The zero-order valence-electron chi connectivity index (χ0n) is 28.5. The van der Waals surface area contributed by atoms with E-state index >= 15 is 0 Å². The van der Waals surface area contributed by atoms with Crippen molar-refractivity contribution in [2.45, 2.75) is 73.9 Å². The third kappa shape index (κ3) is 9.70. The summed E-state index contributed by atoms with van der Waals surface area (Å²) < 4.78 is 36.9. The molecule has 0 spiro atoms. The quantitative estimate of drug-likeness (QED) is 0.124. The van der Waals surface area contributed by atoms with Gasteiger partial charge in [-0.25, -0.2) is 8.42 Å². The molecule has 264 valence electrons. The highest BCUT2D eigenvalue weighted by molar-refractivity contribution is 9.10. The summed E-state index contributed by atoms with van der Waals surface area (Å²) in [6.07, 6.45) is 7.18. The summed E-state index contributed by atoms with van der Waals surface area (Å²) in [6, 6.07) is 29.7. The lowest BCUT2D eigenvalue weighted by Crippen LogP contribution is -2.55. The van der Waals surface area contributed by atoms with E-state index in [4.69, 9.17) is 4.74 Å². The van der Waals surface area contributed by atoms with Crippen LogP contribution in [-0.2, 0) is 32.6 Å². The number of nitrogens with zero attached hydrogens (tertiary/aromatic N) is 2. The number of amides is 2. The number of sulfonamides is 1. The number of rotatable bonds is 15. The van der Waals surface area contributed by atoms with Crippen LogP contribution in [0.25, 0.3) is 0 Å². The van der Waals surface area contributed by atoms with Crippen LogP contribution < -0.4 is 14.4 Å². The second-order valence-corrected chi connectivity index (χ2v) is 15.9. The van der Waals surface area contributed by atoms with Crippen LogP contribution in [-0.4, -0.2) is 56.6 Å². The van der Waals surface area contributed by atoms with Crippen molar-refractivity contribution in [1.29, 1.82) is 0 Å². The fourth-order valence-electron chi connectivity index (χ4n) is 6.26. The molecular weight excluding hydrogens is 734 g/mol. The molecule has 5 rings (SSSR count). The Labute approximate surface area is 308 Å². The minimum Gasteiger partial charge on any atom is -0.492 e. The van der Waals surface area contributed by atoms with Gasteiger partial charge in [-0.05, 0) is 85.7 Å². The third-order valence-electron chi connectivity index (χ3n) is 8.82. The number of hydrogen-bond donors (Lipinski definition) is 1. The number of nitrogens with one attached hydrogen (secondary N) is 1. The highest BCUT2D eigenvalue weighted by Gasteiger charge is 2.36. The van der Waals surface area contributed by atoms with Crippen molar-refractivity contribution in [3.8, 4) is 5.75 Å². The van der Waals surface area contributed by atoms with Gasteiger partial charge < -0.3 is 15.0 Å². The zero-order valence-corrected chi connectivity index (χ0v) is 31.7. The van der Waals surface area contributed by atoms with Crippen LogP contribution in [0.3, 0.4) is 0 Å². The Morgan fingerprint density at radius 1 is 0.900 bits per heavy atom. The van der Waals surface area contributed by atoms with Gasteiger partial charge in [0.2, 0.25) is 11.8 Å². The van der Waals surface area contributed by atoms with Crippen LogP contribution >= 0.6 is 27.7 Å². The first kappa shape index (κ1) is 37.5. The van der Waals surface area contributed by atoms with Gasteiger partial charge >= 0.3 is 0 Å². The van der Waals surface area contributed by atoms with Crippen molar-refractivity contribution in [3.63, 3.8) is 0 Å². The van der Waals surface area contributed by atoms with Gasteiger partial charge in [-0.2, -0.15) is 0 Å². The number of thioether (sulfide) groups is 1. The average molecular weight is 779 g/mol. The van der Waals surface area contributed by atoms with Crippen molar-refractivity contribution < 1.29 is 22.7 Å². The molecule has 4 aromatic carbocycles. The Morgan fingerprint density at radius 3 is 2.26 bits per heavy atom. The molecule has 1 atom stereocenters. The molecule has 0 aliphatic heterocycles. The fourth-order valence-corrected chi connectivity index (χ4v) is 8.54. The minimum absolute atomic E-state index is 0.0246. The van der Waals surface area contributed by atoms with Gasteiger partial charge in [0.15, 0.2) is 0 Å². The monoisotopic (exact) mass is 777 g/mol. The maximum absolute atomic E-state index is 14.9. The summed E-state index contributed by atoms with van der Waals surface area (Å²) in [6.45, 7) is 1.67. The summed E-state index contributed by atoms with van der Waals surface area (Å²) in [5.41, 5.74) is 1.93. The normalized spacial score (nSPS) is 14.1. The molecular formula is C39H44BrN3O5S2. The van der Waals surface area contributed by atoms with Gasteiger partial charge in [-0.15, -0.1) is 11.8 Å². The van der Waals surface area contributed by atoms with E-state index < -0.39 is 28.5 Å². The lowest BCUT2D eigenvalue weighted by Gasteiger charge is -2.35. The SMILES string of the molecule is CCOc1ccccc1N(CC(=O)N(Cc1cccc(Br)c1)[C@@H](Cc1ccccc1)C(=O)NC1CCCCC1)S(=O)(=O)c1ccc(SC)cc1. The number of para-hydroxylation sites is 2. The van der Waals surface area contributed by atoms with Crippen molar-refractivity contribution in [1.82, 2.24) is 10.2 Å². The number of halogens is 1. The lowest BCUT2D eigenvalue weighted by molar-refractivity contribution is -0.140. The highest BCUT2D eigenvalue weighted by atomic mass is 79.9. The molecule has 1 fully saturated rings. The Balaban J connectivity index is 1.59. The van der Waals surface area contributed by atoms with Gasteiger partial charge in [-0.1, -0.05) is 89.8 Å². The van der Waals surface area contributed by atoms with Gasteiger partial charge in [0.1, 0.15) is 18.3 Å². The molecule has 2 amide bonds. The maximum atomic E-state index is 14.9. The number of hydrogen-bond acceptors (Lipinski definition) is 6. The van der Waals surface area contributed by atoms with E-state index in [2.05, 4.69) is 21.2 Å². The first-order chi connectivity index (χ1) is 24.2. The number of carbonyl (C=O) groups excluding carboxylic acids is 2. The Bertz CT molecular complexity index is 1830. The summed E-state index contributed by atoms with van der Waals surface area (Å²) in [5.74, 6) is -0.428. The Kier molecular flexibility index (Phi) is 13.4. The van der Waals surface area contributed by atoms with Gasteiger partial charge in [0.05, 0.1) is 17.2 Å². The molecule has 0 aromatic heterocycles. The summed E-state index contributed by atoms with van der Waals surface area (Å²) >= 11 is 5.05. The summed E-state index contributed by atoms with van der Waals surface area (Å²) in [4.78, 5) is 31.7. The van der Waals surface area contributed by atoms with E-state index in [1.54, 1.807) is 48.5 Å². The Morgan fingerprint density at radius 2 is 1.58 bits per heavy atom. The van der Waals surface area contributed by atoms with E-state index in [1.165, 1.54) is 16.7 Å². The largest absolute Gasteiger partial charge is 0.492 e. The first-order valence-corrected chi connectivity index (χ1v) is 20.4. The molecule has 4 aromatic rings. The minimum atomic E-state index is -4.27. The predicted octanol–water partition coefficient (Wildman–Crippen LogP) is 7.85. The van der Waals surface area contributed by atoms with E-state index in [0.717, 1.165) is 56.9 Å². The molecule has 0 bridgehead atoms. The maximum Gasteiger partial charge on any atom is 0.264 e. The van der Waals surface area contributed by atoms with Crippen molar-refractivity contribution >= 4 is 55.2 Å². The fraction of sp³-hybridized carbons (Fsp3) is 0.333. The topological polar surface area (TPSA) is 96.0 Å². The van der Waals surface area contributed by atoms with Crippen LogP contribution in [0.4, 0.5) is 5.69 Å². The molecule has 0 heterocycles. The van der Waals surface area contributed by atoms with E-state index in [-0.39, 0.29) is 35.5 Å². The zero-order chi connectivity index (χ0) is 35.5. The number of benzene rings is 4. The van der Waals surface area contributed by atoms with Crippen LogP contribution in [0.15, 0.2) is 117 Å². The number of anilines is 1. The molecule has 1 aliphatic carbocycles. The van der Waals surface area contributed by atoms with Crippen LogP contribution in [0, 0.1) is 0 Å². The Hall–Kier alpha value is -3.80. The van der Waals surface area contributed by atoms with Crippen LogP contribution in [0.2, 0.25) is 0 Å². The molecule has 50 heavy (non-hydrogen) atoms. The smallest absolute Gasteiger partial charge is 0.264 e. The average Bonchev–Trinajstić information content (AvgIpc) is 3.13. The molecule has 0 unspecified atom stereocenters. The molecule has 1 aliphatic rings. The molecule has 8 nitrogen and oxygen atoms in total. The van der Waals surface area contributed by atoms with Gasteiger partial charge in [-0.3, -0.25) is 13.9 Å². The van der Waals surface area contributed by atoms with Crippen molar-refractivity contribution in [3.05, 3.63) is 119 Å². The van der Waals surface area contributed by atoms with Crippen molar-refractivity contribution in [2.24, 2.45) is 0 Å². The van der Waals surface area contributed by atoms with E-state index in [1.807, 2.05) is 67.8 Å². The number of ether oxygens (including phenoxy) is 1. The third-order valence-corrected chi connectivity index (χ3v) is 11.8. The number of carbonyl (C=O) groups is 2. The highest BCUT2D eigenvalue weighted by Crippen LogP contribution is 2.33. The van der Waals surface area contributed by atoms with E-state index in [0.29, 0.717) is 12.4 Å². The second kappa shape index (κ2) is 17.9. The van der Waals surface area contributed by atoms with Crippen LogP contribution in [0.1, 0.15) is 50.2 Å². The van der Waals surface area contributed by atoms with Gasteiger partial charge in [0, 0.05) is 28.4 Å². The van der Waals surface area contributed by atoms with Crippen molar-refractivity contribution in [2.75, 3.05) is 23.7 Å². The van der Waals surface area contributed by atoms with Gasteiger partial charge in [0.25, 0.3) is 10.0 Å². The molecule has 1 saturated carbocycles. The lowest BCUT2D eigenvalue weighted by atomic mass is 9.94.